The van der Waals surface area contributed by atoms with Gasteiger partial charge in [-0.05, 0) is 24.6 Å². The molecule has 0 atom stereocenters. The summed E-state index contributed by atoms with van der Waals surface area (Å²) in [6.07, 6.45) is 3.84. The summed E-state index contributed by atoms with van der Waals surface area (Å²) in [4.78, 5) is 4.35. The maximum Gasteiger partial charge on any atom is 0.167 e. The molecule has 3 heteroatoms. The Morgan fingerprint density at radius 1 is 1.33 bits per heavy atom. The minimum absolute atomic E-state index is 0.382. The maximum absolute atomic E-state index is 8.98. The van der Waals surface area contributed by atoms with E-state index in [1.807, 2.05) is 31.2 Å². The molecule has 0 saturated heterocycles. The van der Waals surface area contributed by atoms with Gasteiger partial charge in [-0.1, -0.05) is 12.1 Å². The van der Waals surface area contributed by atoms with Crippen LogP contribution in [0.1, 0.15) is 17.0 Å². The fourth-order valence-electron chi connectivity index (χ4n) is 1.65. The molecule has 0 aliphatic heterocycles. The highest BCUT2D eigenvalue weighted by Crippen LogP contribution is 2.30. The largest absolute Gasteiger partial charge is 0.257 e. The Morgan fingerprint density at radius 2 is 2.07 bits per heavy atom. The molecule has 1 aromatic rings. The zero-order valence-corrected chi connectivity index (χ0v) is 8.36. The van der Waals surface area contributed by atoms with Crippen LogP contribution in [-0.2, 0) is 6.42 Å². The summed E-state index contributed by atoms with van der Waals surface area (Å²) in [6.45, 7) is 1.90. The van der Waals surface area contributed by atoms with Crippen molar-refractivity contribution in [3.05, 3.63) is 35.2 Å². The van der Waals surface area contributed by atoms with E-state index >= 15 is 0 Å². The smallest absolute Gasteiger partial charge is 0.167 e. The highest BCUT2D eigenvalue weighted by atomic mass is 14.7. The van der Waals surface area contributed by atoms with Gasteiger partial charge in [-0.3, -0.25) is 4.98 Å². The molecule has 1 aromatic heterocycles. The molecule has 2 rings (SSSR count). The van der Waals surface area contributed by atoms with Crippen molar-refractivity contribution < 1.29 is 0 Å². The first-order valence-corrected chi connectivity index (χ1v) is 4.67. The molecule has 15 heavy (non-hydrogen) atoms. The third-order valence-corrected chi connectivity index (χ3v) is 2.54. The van der Waals surface area contributed by atoms with Crippen LogP contribution in [0, 0.1) is 35.0 Å². The third-order valence-electron chi connectivity index (χ3n) is 2.54. The molecular weight excluding hydrogens is 186 g/mol. The lowest BCUT2D eigenvalue weighted by Gasteiger charge is -2.19. The van der Waals surface area contributed by atoms with Gasteiger partial charge in [0.05, 0.1) is 17.8 Å². The second kappa shape index (κ2) is 3.22. The molecule has 1 aliphatic rings. The second-order valence-electron chi connectivity index (χ2n) is 3.69. The Morgan fingerprint density at radius 3 is 2.73 bits per heavy atom. The average molecular weight is 195 g/mol. The third kappa shape index (κ3) is 1.49. The van der Waals surface area contributed by atoms with E-state index < -0.39 is 5.41 Å². The van der Waals surface area contributed by atoms with Gasteiger partial charge in [0.15, 0.2) is 5.41 Å². The number of hydrogen-bond donors (Lipinski definition) is 0. The van der Waals surface area contributed by atoms with Gasteiger partial charge in [-0.2, -0.15) is 10.5 Å². The fraction of sp³-hybridized carbons (Fsp3) is 0.250. The molecule has 0 unspecified atom stereocenters. The van der Waals surface area contributed by atoms with Crippen LogP contribution in [0.5, 0.6) is 0 Å². The van der Waals surface area contributed by atoms with E-state index in [1.54, 1.807) is 12.2 Å². The normalized spacial score (nSPS) is 16.2. The number of nitriles is 2. The molecule has 0 amide bonds. The van der Waals surface area contributed by atoms with E-state index in [4.69, 9.17) is 10.5 Å². The van der Waals surface area contributed by atoms with Gasteiger partial charge in [0.2, 0.25) is 0 Å². The number of aryl methyl sites for hydroxylation is 1. The summed E-state index contributed by atoms with van der Waals surface area (Å²) in [7, 11) is 0. The summed E-state index contributed by atoms with van der Waals surface area (Å²) in [5, 5.41) is 18.0. The summed E-state index contributed by atoms with van der Waals surface area (Å²) in [5.41, 5.74) is 1.71. The van der Waals surface area contributed by atoms with E-state index in [0.717, 1.165) is 17.0 Å². The van der Waals surface area contributed by atoms with Crippen LogP contribution < -0.4 is 0 Å². The molecule has 0 bridgehead atoms. The van der Waals surface area contributed by atoms with Crippen LogP contribution in [0.3, 0.4) is 0 Å². The van der Waals surface area contributed by atoms with Gasteiger partial charge in [-0.15, -0.1) is 0 Å². The van der Waals surface area contributed by atoms with Gasteiger partial charge in [-0.25, -0.2) is 0 Å². The Bertz CT molecular complexity index is 501. The van der Waals surface area contributed by atoms with Gasteiger partial charge in [0, 0.05) is 12.1 Å². The summed E-state index contributed by atoms with van der Waals surface area (Å²) < 4.78 is 0. The first-order valence-electron chi connectivity index (χ1n) is 4.67. The Labute approximate surface area is 88.3 Å². The molecule has 0 aromatic carbocycles. The van der Waals surface area contributed by atoms with Crippen LogP contribution in [0.4, 0.5) is 0 Å². The van der Waals surface area contributed by atoms with E-state index in [2.05, 4.69) is 4.98 Å². The van der Waals surface area contributed by atoms with Crippen molar-refractivity contribution in [3.8, 4) is 12.1 Å². The molecule has 0 fully saturated rings. The van der Waals surface area contributed by atoms with Crippen molar-refractivity contribution in [2.45, 2.75) is 13.3 Å². The zero-order valence-electron chi connectivity index (χ0n) is 8.36. The number of allylic oxidation sites excluding steroid dienone is 1. The predicted molar refractivity (Wildman–Crippen MR) is 55.4 cm³/mol. The number of aromatic nitrogens is 1. The Balaban J connectivity index is 2.52. The average Bonchev–Trinajstić information content (AvgIpc) is 2.28. The standard InChI is InChI=1S/C12H9N3/c1-9-2-3-10-4-5-12(7-13,8-14)6-11(10)15-9/h2-5H,6H2,1H3. The SMILES string of the molecule is Cc1ccc2c(n1)CC(C#N)(C#N)C=C2. The van der Waals surface area contributed by atoms with Gasteiger partial charge in [0.1, 0.15) is 0 Å². The van der Waals surface area contributed by atoms with Crippen molar-refractivity contribution in [2.75, 3.05) is 0 Å². The lowest BCUT2D eigenvalue weighted by molar-refractivity contribution is 0.636. The first kappa shape index (κ1) is 9.43. The molecule has 1 aliphatic carbocycles. The van der Waals surface area contributed by atoms with E-state index in [-0.39, 0.29) is 0 Å². The highest BCUT2D eigenvalue weighted by Gasteiger charge is 2.31. The van der Waals surface area contributed by atoms with Crippen molar-refractivity contribution in [1.82, 2.24) is 4.98 Å². The van der Waals surface area contributed by atoms with Crippen molar-refractivity contribution >= 4 is 6.08 Å². The second-order valence-corrected chi connectivity index (χ2v) is 3.69. The molecule has 0 saturated carbocycles. The Hall–Kier alpha value is -2.13. The highest BCUT2D eigenvalue weighted by molar-refractivity contribution is 5.59. The molecule has 1 heterocycles. The zero-order chi connectivity index (χ0) is 10.9. The lowest BCUT2D eigenvalue weighted by Crippen LogP contribution is -2.21. The van der Waals surface area contributed by atoms with Crippen LogP contribution in [0.2, 0.25) is 0 Å². The predicted octanol–water partition coefficient (Wildman–Crippen LogP) is 1.99. The Kier molecular flexibility index (Phi) is 2.02. The van der Waals surface area contributed by atoms with E-state index in [1.165, 1.54) is 0 Å². The van der Waals surface area contributed by atoms with Crippen LogP contribution >= 0.6 is 0 Å². The first-order chi connectivity index (χ1) is 7.19. The van der Waals surface area contributed by atoms with Gasteiger partial charge >= 0.3 is 0 Å². The molecule has 72 valence electrons. The topological polar surface area (TPSA) is 60.5 Å². The number of fused-ring (bicyclic) bond motifs is 1. The van der Waals surface area contributed by atoms with Crippen LogP contribution in [0.25, 0.3) is 6.08 Å². The van der Waals surface area contributed by atoms with Crippen molar-refractivity contribution in [2.24, 2.45) is 5.41 Å². The number of nitrogens with zero attached hydrogens (tertiary/aromatic N) is 3. The monoisotopic (exact) mass is 195 g/mol. The van der Waals surface area contributed by atoms with Crippen LogP contribution in [-0.4, -0.2) is 4.98 Å². The van der Waals surface area contributed by atoms with E-state index in [9.17, 15) is 0 Å². The molecule has 0 spiro atoms. The summed E-state index contributed by atoms with van der Waals surface area (Å²) >= 11 is 0. The van der Waals surface area contributed by atoms with Crippen molar-refractivity contribution in [3.63, 3.8) is 0 Å². The fourth-order valence-corrected chi connectivity index (χ4v) is 1.65. The van der Waals surface area contributed by atoms with Crippen molar-refractivity contribution in [1.29, 1.82) is 10.5 Å². The summed E-state index contributed by atoms with van der Waals surface area (Å²) in [5.74, 6) is 0. The molecule has 0 N–H and O–H groups in total. The van der Waals surface area contributed by atoms with Crippen LogP contribution in [0.15, 0.2) is 18.2 Å². The van der Waals surface area contributed by atoms with E-state index in [0.29, 0.717) is 6.42 Å². The molecule has 0 radical (unpaired) electrons. The maximum atomic E-state index is 8.98. The number of hydrogen-bond acceptors (Lipinski definition) is 3. The number of rotatable bonds is 0. The van der Waals surface area contributed by atoms with Gasteiger partial charge < -0.3 is 0 Å². The molecule has 3 nitrogen and oxygen atoms in total. The minimum atomic E-state index is -1.03. The molecular formula is C12H9N3. The minimum Gasteiger partial charge on any atom is -0.257 e. The quantitative estimate of drug-likeness (QED) is 0.636. The summed E-state index contributed by atoms with van der Waals surface area (Å²) in [6, 6.07) is 7.97. The lowest BCUT2D eigenvalue weighted by atomic mass is 9.81. The van der Waals surface area contributed by atoms with Gasteiger partial charge in [0.25, 0.3) is 0 Å². The number of pyridine rings is 1.